The van der Waals surface area contributed by atoms with E-state index >= 15 is 0 Å². The predicted molar refractivity (Wildman–Crippen MR) is 164 cm³/mol. The van der Waals surface area contributed by atoms with Gasteiger partial charge in [0.15, 0.2) is 0 Å². The van der Waals surface area contributed by atoms with Crippen molar-refractivity contribution in [3.8, 4) is 11.1 Å². The van der Waals surface area contributed by atoms with Gasteiger partial charge in [-0.1, -0.05) is 41.5 Å². The molecule has 1 aliphatic rings. The van der Waals surface area contributed by atoms with Crippen LogP contribution in [0.4, 0.5) is 0 Å². The Bertz CT molecular complexity index is 1240. The standard InChI is InChI=1S/C13H9.C9H7.2C6H5.2ClH.Si.Zr/c1-3-7-12-10(5-1)9-11-6-2-4-8-13(11)12;1-2-5-9-7-3-6-8(9)4-1;2*1-2-4-6-5-3-1;;;;/h1-5,7-8H,9H2;1-7H;2*1-5H;2*1H;;/q4*-1;;;;. The maximum Gasteiger partial charge on any atom is -0.0253 e. The SMILES string of the molecule is Cl.Cl.[Si]=[Zr].[c-]1cccc2c1Cc1ccccc1-2.[c-]1ccccc1.[c-]1ccccc1.c1ccc2[cH-]ccc2c1. The van der Waals surface area contributed by atoms with Gasteiger partial charge in [-0.15, -0.1) is 60.0 Å². The first-order valence-electron chi connectivity index (χ1n) is 11.7. The summed E-state index contributed by atoms with van der Waals surface area (Å²) in [4.78, 5) is 0. The first-order valence-corrected chi connectivity index (χ1v) is 15.9. The second kappa shape index (κ2) is 20.4. The summed E-state index contributed by atoms with van der Waals surface area (Å²) >= 11 is 1.36. The van der Waals surface area contributed by atoms with E-state index in [4.69, 9.17) is 0 Å². The molecule has 38 heavy (non-hydrogen) atoms. The number of benzene rings is 5. The largest absolute Gasteiger partial charge is 0.184 e. The van der Waals surface area contributed by atoms with Crippen LogP contribution >= 0.6 is 24.8 Å². The topological polar surface area (TPSA) is 0 Å². The van der Waals surface area contributed by atoms with Gasteiger partial charge in [-0.25, -0.2) is 0 Å². The van der Waals surface area contributed by atoms with Crippen LogP contribution in [0, 0.1) is 18.2 Å². The normalized spacial score (nSPS) is 9.24. The molecule has 0 aromatic heterocycles. The molecule has 1 aliphatic carbocycles. The van der Waals surface area contributed by atoms with Gasteiger partial charge < -0.3 is 0 Å². The molecule has 0 saturated heterocycles. The molecule has 0 unspecified atom stereocenters. The molecule has 0 nitrogen and oxygen atoms in total. The average molecular weight is 627 g/mol. The third kappa shape index (κ3) is 11.0. The molecule has 6 aromatic rings. The van der Waals surface area contributed by atoms with Gasteiger partial charge in [0.1, 0.15) is 0 Å². The summed E-state index contributed by atoms with van der Waals surface area (Å²) < 4.78 is 0. The summed E-state index contributed by atoms with van der Waals surface area (Å²) in [6.07, 6.45) is 1.05. The maximum absolute atomic E-state index is 3.30. The summed E-state index contributed by atoms with van der Waals surface area (Å²) in [6.45, 7) is 3.06. The zero-order valence-corrected chi connectivity index (χ0v) is 26.0. The minimum atomic E-state index is 0. The van der Waals surface area contributed by atoms with Crippen LogP contribution < -0.4 is 0 Å². The summed E-state index contributed by atoms with van der Waals surface area (Å²) in [7, 11) is 0. The van der Waals surface area contributed by atoms with Crippen LogP contribution in [-0.2, 0) is 29.8 Å². The summed E-state index contributed by atoms with van der Waals surface area (Å²) in [5.74, 6) is 0. The van der Waals surface area contributed by atoms with E-state index in [-0.39, 0.29) is 24.8 Å². The molecule has 2 radical (unpaired) electrons. The summed E-state index contributed by atoms with van der Waals surface area (Å²) in [5.41, 5.74) is 5.51. The summed E-state index contributed by atoms with van der Waals surface area (Å²) in [5, 5.41) is 2.66. The van der Waals surface area contributed by atoms with Gasteiger partial charge in [-0.05, 0) is 6.42 Å². The third-order valence-corrected chi connectivity index (χ3v) is 5.38. The van der Waals surface area contributed by atoms with Crippen molar-refractivity contribution < 1.29 is 23.3 Å². The number of hydrogen-bond acceptors (Lipinski definition) is 0. The Morgan fingerprint density at radius 1 is 0.579 bits per heavy atom. The molecular weight excluding hydrogens is 599 g/mol. The first-order chi connectivity index (χ1) is 17.9. The van der Waals surface area contributed by atoms with Crippen LogP contribution in [-0.4, -0.2) is 6.88 Å². The molecule has 0 amide bonds. The molecule has 0 atom stereocenters. The van der Waals surface area contributed by atoms with E-state index in [2.05, 4.69) is 104 Å². The minimum absolute atomic E-state index is 0. The van der Waals surface area contributed by atoms with Crippen molar-refractivity contribution in [1.29, 1.82) is 0 Å². The Labute approximate surface area is 256 Å². The van der Waals surface area contributed by atoms with Crippen LogP contribution in [0.2, 0.25) is 0 Å². The van der Waals surface area contributed by atoms with Gasteiger partial charge >= 0.3 is 30.2 Å². The van der Waals surface area contributed by atoms with Crippen LogP contribution in [0.5, 0.6) is 0 Å². The van der Waals surface area contributed by atoms with Crippen LogP contribution in [0.15, 0.2) is 146 Å². The van der Waals surface area contributed by atoms with Crippen molar-refractivity contribution in [3.63, 3.8) is 0 Å². The van der Waals surface area contributed by atoms with E-state index in [0.29, 0.717) is 0 Å². The summed E-state index contributed by atoms with van der Waals surface area (Å²) in [6, 6.07) is 57.8. The van der Waals surface area contributed by atoms with E-state index in [1.807, 2.05) is 66.7 Å². The van der Waals surface area contributed by atoms with E-state index in [1.165, 1.54) is 56.4 Å². The molecule has 0 bridgehead atoms. The van der Waals surface area contributed by atoms with Gasteiger partial charge in [-0.3, -0.25) is 0 Å². The molecule has 0 spiro atoms. The minimum Gasteiger partial charge on any atom is -0.184 e. The van der Waals surface area contributed by atoms with Crippen molar-refractivity contribution >= 4 is 42.5 Å². The number of rotatable bonds is 0. The molecule has 6 aromatic carbocycles. The van der Waals surface area contributed by atoms with Gasteiger partial charge in [0.05, 0.1) is 0 Å². The number of fused-ring (bicyclic) bond motifs is 4. The quantitative estimate of drug-likeness (QED) is 0.116. The molecule has 4 heteroatoms. The van der Waals surface area contributed by atoms with E-state index in [1.54, 1.807) is 0 Å². The van der Waals surface area contributed by atoms with Gasteiger partial charge in [0.25, 0.3) is 0 Å². The predicted octanol–water partition coefficient (Wildman–Crippen LogP) is 9.05. The van der Waals surface area contributed by atoms with E-state index < -0.39 is 0 Å². The Morgan fingerprint density at radius 3 is 1.74 bits per heavy atom. The average Bonchev–Trinajstić information content (AvgIpc) is 3.62. The van der Waals surface area contributed by atoms with E-state index in [9.17, 15) is 0 Å². The second-order valence-corrected chi connectivity index (χ2v) is 7.71. The van der Waals surface area contributed by atoms with Crippen LogP contribution in [0.1, 0.15) is 11.1 Å². The fraction of sp³-hybridized carbons (Fsp3) is 0.0294. The Balaban J connectivity index is 0.000000256. The van der Waals surface area contributed by atoms with Crippen molar-refractivity contribution in [2.24, 2.45) is 0 Å². The molecule has 0 saturated carbocycles. The Morgan fingerprint density at radius 2 is 1.16 bits per heavy atom. The second-order valence-electron chi connectivity index (χ2n) is 7.71. The van der Waals surface area contributed by atoms with Gasteiger partial charge in [0.2, 0.25) is 0 Å². The molecule has 0 heterocycles. The molecule has 7 rings (SSSR count). The fourth-order valence-electron chi connectivity index (χ4n) is 3.75. The molecular formula is C34H28Cl2SiZr-4. The zero-order chi connectivity index (χ0) is 25.3. The number of halogens is 2. The molecule has 0 fully saturated rings. The van der Waals surface area contributed by atoms with Crippen LogP contribution in [0.3, 0.4) is 0 Å². The molecule has 0 N–H and O–H groups in total. The molecule has 190 valence electrons. The smallest absolute Gasteiger partial charge is 0.0253 e. The maximum atomic E-state index is 3.30. The van der Waals surface area contributed by atoms with Crippen molar-refractivity contribution in [1.82, 2.24) is 0 Å². The number of hydrogen-bond donors (Lipinski definition) is 0. The monoisotopic (exact) mass is 624 g/mol. The van der Waals surface area contributed by atoms with Crippen molar-refractivity contribution in [2.45, 2.75) is 6.42 Å². The van der Waals surface area contributed by atoms with Crippen molar-refractivity contribution in [2.75, 3.05) is 0 Å². The van der Waals surface area contributed by atoms with Crippen molar-refractivity contribution in [3.05, 3.63) is 175 Å². The third-order valence-electron chi connectivity index (χ3n) is 5.38. The Kier molecular flexibility index (Phi) is 17.9. The van der Waals surface area contributed by atoms with Gasteiger partial charge in [-0.2, -0.15) is 120 Å². The molecule has 0 aliphatic heterocycles. The Hall–Kier alpha value is -2.61. The first kappa shape index (κ1) is 33.4. The van der Waals surface area contributed by atoms with E-state index in [0.717, 1.165) is 6.42 Å². The zero-order valence-electron chi connectivity index (χ0n) is 20.9. The van der Waals surface area contributed by atoms with Crippen LogP contribution in [0.25, 0.3) is 21.9 Å². The fourth-order valence-corrected chi connectivity index (χ4v) is 3.75. The van der Waals surface area contributed by atoms with Gasteiger partial charge in [0, 0.05) is 0 Å².